The fourth-order valence-electron chi connectivity index (χ4n) is 4.84. The van der Waals surface area contributed by atoms with Crippen LogP contribution < -0.4 is 5.32 Å². The third kappa shape index (κ3) is 4.24. The Bertz CT molecular complexity index is 1060. The molecule has 1 aliphatic heterocycles. The Balaban J connectivity index is 1.51. The summed E-state index contributed by atoms with van der Waals surface area (Å²) in [4.78, 5) is 6.78. The number of nitrogens with zero attached hydrogens (tertiary/aromatic N) is 6. The number of hydrogen-bond acceptors (Lipinski definition) is 7. The molecule has 0 radical (unpaired) electrons. The van der Waals surface area contributed by atoms with E-state index in [1.54, 1.807) is 0 Å². The molecule has 1 aliphatic carbocycles. The molecule has 0 amide bonds. The molecule has 2 N–H and O–H groups in total. The molecule has 0 unspecified atom stereocenters. The Hall–Kier alpha value is -2.49. The van der Waals surface area contributed by atoms with Crippen molar-refractivity contribution in [3.8, 4) is 11.1 Å². The van der Waals surface area contributed by atoms with Crippen LogP contribution in [0, 0.1) is 0 Å². The zero-order chi connectivity index (χ0) is 22.2. The third-order valence-corrected chi connectivity index (χ3v) is 6.58. The van der Waals surface area contributed by atoms with Gasteiger partial charge in [0.1, 0.15) is 0 Å². The van der Waals surface area contributed by atoms with E-state index in [4.69, 9.17) is 9.84 Å². The van der Waals surface area contributed by atoms with Crippen LogP contribution in [-0.4, -0.2) is 80.4 Å². The van der Waals surface area contributed by atoms with E-state index in [9.17, 15) is 5.11 Å². The first kappa shape index (κ1) is 21.4. The van der Waals surface area contributed by atoms with E-state index in [0.29, 0.717) is 17.9 Å². The highest BCUT2D eigenvalue weighted by atomic mass is 16.5. The maximum Gasteiger partial charge on any atom is 0.241 e. The first-order chi connectivity index (χ1) is 15.5. The summed E-state index contributed by atoms with van der Waals surface area (Å²) in [7, 11) is 4.12. The molecule has 9 nitrogen and oxygen atoms in total. The van der Waals surface area contributed by atoms with Crippen molar-refractivity contribution in [2.24, 2.45) is 0 Å². The van der Waals surface area contributed by atoms with Crippen molar-refractivity contribution in [3.63, 3.8) is 0 Å². The van der Waals surface area contributed by atoms with Gasteiger partial charge < -0.3 is 20.1 Å². The average molecular weight is 440 g/mol. The standard InChI is InChI=1S/C23H33N7O2/c1-15(11-28(2)3)26-23-24-10-22-20(17-9-25-29(12-17)18-13-32-14-18)8-21(30(22)27-23)16-4-6-19(31)7-5-16/h8-10,12,15-16,18-19,31H,4-7,11,13-14H2,1-3H3,(H,26,27)/t15-,16?,19?/m0/s1. The lowest BCUT2D eigenvalue weighted by atomic mass is 9.85. The van der Waals surface area contributed by atoms with Crippen molar-refractivity contribution in [2.45, 2.75) is 56.7 Å². The Labute approximate surface area is 188 Å². The van der Waals surface area contributed by atoms with Gasteiger partial charge in [0.25, 0.3) is 0 Å². The van der Waals surface area contributed by atoms with Crippen LogP contribution in [0.15, 0.2) is 24.7 Å². The van der Waals surface area contributed by atoms with Crippen molar-refractivity contribution in [3.05, 3.63) is 30.4 Å². The Morgan fingerprint density at radius 2 is 2.00 bits per heavy atom. The zero-order valence-corrected chi connectivity index (χ0v) is 19.1. The van der Waals surface area contributed by atoms with Crippen molar-refractivity contribution in [2.75, 3.05) is 39.2 Å². The van der Waals surface area contributed by atoms with E-state index in [1.807, 2.05) is 17.1 Å². The monoisotopic (exact) mass is 439 g/mol. The van der Waals surface area contributed by atoms with E-state index in [-0.39, 0.29) is 12.1 Å². The van der Waals surface area contributed by atoms with Crippen LogP contribution in [0.25, 0.3) is 16.6 Å². The summed E-state index contributed by atoms with van der Waals surface area (Å²) in [6.45, 7) is 4.47. The highest BCUT2D eigenvalue weighted by molar-refractivity contribution is 5.81. The second-order valence-electron chi connectivity index (χ2n) is 9.58. The van der Waals surface area contributed by atoms with Crippen molar-refractivity contribution >= 4 is 11.5 Å². The number of aliphatic hydroxyl groups excluding tert-OH is 1. The molecule has 32 heavy (non-hydrogen) atoms. The van der Waals surface area contributed by atoms with E-state index < -0.39 is 0 Å². The van der Waals surface area contributed by atoms with Gasteiger partial charge in [-0.25, -0.2) is 9.50 Å². The molecule has 2 aliphatic rings. The number of nitrogens with one attached hydrogen (secondary N) is 1. The van der Waals surface area contributed by atoms with Crippen LogP contribution >= 0.6 is 0 Å². The van der Waals surface area contributed by atoms with Crippen molar-refractivity contribution in [1.82, 2.24) is 29.3 Å². The largest absolute Gasteiger partial charge is 0.393 e. The molecule has 0 spiro atoms. The van der Waals surface area contributed by atoms with Gasteiger partial charge in [0.15, 0.2) is 0 Å². The maximum absolute atomic E-state index is 10.0. The molecule has 1 saturated heterocycles. The molecule has 5 rings (SSSR count). The highest BCUT2D eigenvalue weighted by Crippen LogP contribution is 2.37. The Kier molecular flexibility index (Phi) is 5.88. The predicted octanol–water partition coefficient (Wildman–Crippen LogP) is 2.54. The Morgan fingerprint density at radius 3 is 2.69 bits per heavy atom. The van der Waals surface area contributed by atoms with Crippen LogP contribution in [0.5, 0.6) is 0 Å². The summed E-state index contributed by atoms with van der Waals surface area (Å²) < 4.78 is 9.37. The normalized spacial score (nSPS) is 22.9. The quantitative estimate of drug-likeness (QED) is 0.584. The van der Waals surface area contributed by atoms with Crippen molar-refractivity contribution in [1.29, 1.82) is 0 Å². The number of likely N-dealkylation sites (N-methyl/N-ethyl adjacent to an activating group) is 1. The number of hydrogen-bond donors (Lipinski definition) is 2. The number of aromatic nitrogens is 5. The summed E-state index contributed by atoms with van der Waals surface area (Å²) in [5.41, 5.74) is 4.35. The van der Waals surface area contributed by atoms with Crippen LogP contribution in [0.3, 0.4) is 0 Å². The smallest absolute Gasteiger partial charge is 0.241 e. The van der Waals surface area contributed by atoms with E-state index in [1.165, 1.54) is 5.69 Å². The number of anilines is 1. The SMILES string of the molecule is C[C@@H](CN(C)C)Nc1ncc2c(-c3cnn(C4COC4)c3)cc(C3CCC(O)CC3)n2n1. The number of ether oxygens (including phenoxy) is 1. The lowest BCUT2D eigenvalue weighted by molar-refractivity contribution is -0.0286. The molecule has 4 heterocycles. The lowest BCUT2D eigenvalue weighted by Gasteiger charge is -2.25. The van der Waals surface area contributed by atoms with Gasteiger partial charge in [-0.05, 0) is 52.8 Å². The van der Waals surface area contributed by atoms with Gasteiger partial charge in [0, 0.05) is 41.5 Å². The maximum atomic E-state index is 10.0. The first-order valence-electron chi connectivity index (χ1n) is 11.6. The van der Waals surface area contributed by atoms with Crippen LogP contribution in [-0.2, 0) is 4.74 Å². The highest BCUT2D eigenvalue weighted by Gasteiger charge is 2.27. The molecule has 1 atom stereocenters. The summed E-state index contributed by atoms with van der Waals surface area (Å²) in [6.07, 6.45) is 9.36. The number of rotatable bonds is 7. The number of fused-ring (bicyclic) bond motifs is 1. The molecule has 1 saturated carbocycles. The molecular formula is C23H33N7O2. The van der Waals surface area contributed by atoms with E-state index in [0.717, 1.165) is 62.1 Å². The summed E-state index contributed by atoms with van der Waals surface area (Å²) >= 11 is 0. The minimum atomic E-state index is -0.182. The third-order valence-electron chi connectivity index (χ3n) is 6.58. The van der Waals surface area contributed by atoms with Gasteiger partial charge in [-0.15, -0.1) is 5.10 Å². The molecule has 9 heteroatoms. The molecule has 2 fully saturated rings. The topological polar surface area (TPSA) is 92.7 Å². The fraction of sp³-hybridized carbons (Fsp3) is 0.609. The number of aliphatic hydroxyl groups is 1. The van der Waals surface area contributed by atoms with Crippen LogP contribution in [0.2, 0.25) is 0 Å². The molecule has 0 aromatic carbocycles. The first-order valence-corrected chi connectivity index (χ1v) is 11.6. The molecule has 172 valence electrons. The van der Waals surface area contributed by atoms with E-state index in [2.05, 4.69) is 58.1 Å². The molecule has 3 aromatic rings. The molecular weight excluding hydrogens is 406 g/mol. The minimum absolute atomic E-state index is 0.182. The zero-order valence-electron chi connectivity index (χ0n) is 19.1. The summed E-state index contributed by atoms with van der Waals surface area (Å²) in [5, 5.41) is 22.9. The van der Waals surface area contributed by atoms with Gasteiger partial charge in [0.05, 0.1) is 43.3 Å². The minimum Gasteiger partial charge on any atom is -0.393 e. The Morgan fingerprint density at radius 1 is 1.22 bits per heavy atom. The molecule has 0 bridgehead atoms. The lowest BCUT2D eigenvalue weighted by Crippen LogP contribution is -2.30. The second kappa shape index (κ2) is 8.80. The molecule has 3 aromatic heterocycles. The van der Waals surface area contributed by atoms with Crippen LogP contribution in [0.1, 0.15) is 50.3 Å². The predicted molar refractivity (Wildman–Crippen MR) is 123 cm³/mol. The van der Waals surface area contributed by atoms with Gasteiger partial charge >= 0.3 is 0 Å². The van der Waals surface area contributed by atoms with Gasteiger partial charge in [0.2, 0.25) is 5.95 Å². The van der Waals surface area contributed by atoms with E-state index >= 15 is 0 Å². The second-order valence-corrected chi connectivity index (χ2v) is 9.58. The van der Waals surface area contributed by atoms with Gasteiger partial charge in [-0.1, -0.05) is 0 Å². The van der Waals surface area contributed by atoms with Gasteiger partial charge in [-0.2, -0.15) is 5.10 Å². The van der Waals surface area contributed by atoms with Crippen molar-refractivity contribution < 1.29 is 9.84 Å². The summed E-state index contributed by atoms with van der Waals surface area (Å²) in [5.74, 6) is 1.00. The average Bonchev–Trinajstić information content (AvgIpc) is 3.31. The van der Waals surface area contributed by atoms with Crippen LogP contribution in [0.4, 0.5) is 5.95 Å². The fourth-order valence-corrected chi connectivity index (χ4v) is 4.84. The summed E-state index contributed by atoms with van der Waals surface area (Å²) in [6, 6.07) is 2.80. The van der Waals surface area contributed by atoms with Gasteiger partial charge in [-0.3, -0.25) is 4.68 Å².